The Kier molecular flexibility index (Phi) is 4.92. The van der Waals surface area contributed by atoms with E-state index < -0.39 is 16.1 Å². The van der Waals surface area contributed by atoms with E-state index in [0.717, 1.165) is 11.3 Å². The van der Waals surface area contributed by atoms with Crippen LogP contribution in [0.3, 0.4) is 0 Å². The molecule has 1 aliphatic rings. The highest BCUT2D eigenvalue weighted by atomic mass is 32.2. The van der Waals surface area contributed by atoms with Crippen molar-refractivity contribution >= 4 is 15.9 Å². The predicted octanol–water partition coefficient (Wildman–Crippen LogP) is 0.594. The van der Waals surface area contributed by atoms with Crippen LogP contribution in [-0.2, 0) is 41.5 Å². The van der Waals surface area contributed by atoms with Crippen LogP contribution in [0, 0.1) is 0 Å². The van der Waals surface area contributed by atoms with E-state index in [4.69, 9.17) is 0 Å². The van der Waals surface area contributed by atoms with E-state index in [-0.39, 0.29) is 17.5 Å². The lowest BCUT2D eigenvalue weighted by molar-refractivity contribution is -0.138. The van der Waals surface area contributed by atoms with Crippen LogP contribution in [0.5, 0.6) is 0 Å². The summed E-state index contributed by atoms with van der Waals surface area (Å²) in [7, 11) is -2.07. The molecule has 3 heterocycles. The van der Waals surface area contributed by atoms with Crippen molar-refractivity contribution in [2.75, 3.05) is 0 Å². The zero-order chi connectivity index (χ0) is 20.6. The van der Waals surface area contributed by atoms with Gasteiger partial charge >= 0.3 is 0 Å². The van der Waals surface area contributed by atoms with Crippen LogP contribution in [-0.4, -0.2) is 43.8 Å². The zero-order valence-corrected chi connectivity index (χ0v) is 16.9. The van der Waals surface area contributed by atoms with Crippen LogP contribution in [0.1, 0.15) is 29.9 Å². The van der Waals surface area contributed by atoms with E-state index in [2.05, 4.69) is 20.0 Å². The fourth-order valence-electron chi connectivity index (χ4n) is 3.29. The van der Waals surface area contributed by atoms with Crippen molar-refractivity contribution in [3.8, 4) is 0 Å². The van der Waals surface area contributed by atoms with Gasteiger partial charge in [0.05, 0.1) is 25.1 Å². The normalized spacial score (nSPS) is 16.8. The largest absolute Gasteiger partial charge is 0.339 e. The number of aromatic nitrogens is 5. The Morgan fingerprint density at radius 3 is 2.69 bits per heavy atom. The molecule has 1 atom stereocenters. The number of nitrogens with one attached hydrogen (secondary N) is 1. The van der Waals surface area contributed by atoms with Crippen molar-refractivity contribution in [1.29, 1.82) is 0 Å². The predicted molar refractivity (Wildman–Crippen MR) is 103 cm³/mol. The number of nitrogens with zero attached hydrogens (tertiary/aromatic N) is 6. The SMILES string of the molecule is CC1C(=O)N(Cc2ccccc2)Cc2c(CNS(=O)(=O)c3cn(C)cn3)nnn21. The summed E-state index contributed by atoms with van der Waals surface area (Å²) in [5, 5.41) is 8.12. The smallest absolute Gasteiger partial charge is 0.259 e. The fraction of sp³-hybridized carbons (Fsp3) is 0.333. The maximum absolute atomic E-state index is 12.7. The molecule has 1 aromatic carbocycles. The number of hydrogen-bond acceptors (Lipinski definition) is 6. The van der Waals surface area contributed by atoms with Crippen molar-refractivity contribution in [1.82, 2.24) is 34.2 Å². The number of benzene rings is 1. The summed E-state index contributed by atoms with van der Waals surface area (Å²) in [5.41, 5.74) is 2.23. The number of carbonyl (C=O) groups is 1. The first kappa shape index (κ1) is 19.3. The lowest BCUT2D eigenvalue weighted by Crippen LogP contribution is -2.41. The van der Waals surface area contributed by atoms with Crippen molar-refractivity contribution < 1.29 is 13.2 Å². The van der Waals surface area contributed by atoms with E-state index in [1.54, 1.807) is 28.1 Å². The number of hydrogen-bond donors (Lipinski definition) is 1. The summed E-state index contributed by atoms with van der Waals surface area (Å²) in [6, 6.07) is 9.20. The molecule has 1 N–H and O–H groups in total. The fourth-order valence-corrected chi connectivity index (χ4v) is 4.25. The minimum absolute atomic E-state index is 0.0334. The molecule has 3 aromatic rings. The van der Waals surface area contributed by atoms with Crippen molar-refractivity contribution in [2.45, 2.75) is 37.6 Å². The lowest BCUT2D eigenvalue weighted by Gasteiger charge is -2.31. The summed E-state index contributed by atoms with van der Waals surface area (Å²) in [6.07, 6.45) is 2.84. The van der Waals surface area contributed by atoms with Crippen LogP contribution in [0.4, 0.5) is 0 Å². The molecule has 4 rings (SSSR count). The molecule has 0 radical (unpaired) electrons. The molecule has 0 bridgehead atoms. The maximum Gasteiger partial charge on any atom is 0.259 e. The van der Waals surface area contributed by atoms with Gasteiger partial charge < -0.3 is 9.47 Å². The van der Waals surface area contributed by atoms with Crippen LogP contribution < -0.4 is 4.72 Å². The van der Waals surface area contributed by atoms with Crippen molar-refractivity contribution in [3.05, 3.63) is 59.8 Å². The second-order valence-corrected chi connectivity index (χ2v) is 8.70. The Balaban J connectivity index is 1.54. The van der Waals surface area contributed by atoms with E-state index in [0.29, 0.717) is 18.8 Å². The Bertz CT molecular complexity index is 1140. The van der Waals surface area contributed by atoms with E-state index in [1.807, 2.05) is 30.3 Å². The van der Waals surface area contributed by atoms with Crippen molar-refractivity contribution in [3.63, 3.8) is 0 Å². The summed E-state index contributed by atoms with van der Waals surface area (Å²) in [4.78, 5) is 18.3. The Morgan fingerprint density at radius 2 is 2.00 bits per heavy atom. The molecule has 2 aromatic heterocycles. The standard InChI is InChI=1S/C18H21N7O3S/c1-13-18(26)24(9-14-6-4-3-5-7-14)10-16-15(21-22-25(13)16)8-20-29(27,28)17-11-23(2)12-19-17/h3-7,11-13,20H,8-10H2,1-2H3. The zero-order valence-electron chi connectivity index (χ0n) is 16.1. The number of rotatable bonds is 6. The number of imidazole rings is 1. The lowest BCUT2D eigenvalue weighted by atomic mass is 10.1. The first-order valence-corrected chi connectivity index (χ1v) is 10.6. The monoisotopic (exact) mass is 415 g/mol. The third kappa shape index (κ3) is 3.78. The van der Waals surface area contributed by atoms with Gasteiger partial charge in [0, 0.05) is 19.8 Å². The summed E-state index contributed by atoms with van der Waals surface area (Å²) >= 11 is 0. The van der Waals surface area contributed by atoms with E-state index >= 15 is 0 Å². The Hall–Kier alpha value is -3.05. The van der Waals surface area contributed by atoms with Gasteiger partial charge in [-0.25, -0.2) is 22.8 Å². The quantitative estimate of drug-likeness (QED) is 0.630. The molecule has 11 heteroatoms. The highest BCUT2D eigenvalue weighted by molar-refractivity contribution is 7.89. The first-order chi connectivity index (χ1) is 13.8. The minimum atomic E-state index is -3.77. The third-order valence-corrected chi connectivity index (χ3v) is 6.14. The van der Waals surface area contributed by atoms with Gasteiger partial charge in [0.2, 0.25) is 5.91 Å². The van der Waals surface area contributed by atoms with Gasteiger partial charge in [-0.15, -0.1) is 5.10 Å². The van der Waals surface area contributed by atoms with Gasteiger partial charge in [0.1, 0.15) is 11.7 Å². The second kappa shape index (κ2) is 7.41. The number of amides is 1. The summed E-state index contributed by atoms with van der Waals surface area (Å²) in [5.74, 6) is -0.0492. The molecule has 10 nitrogen and oxygen atoms in total. The second-order valence-electron chi connectivity index (χ2n) is 6.99. The number of carbonyl (C=O) groups excluding carboxylic acids is 1. The molecule has 1 unspecified atom stereocenters. The average molecular weight is 415 g/mol. The topological polar surface area (TPSA) is 115 Å². The third-order valence-electron chi connectivity index (χ3n) is 4.85. The summed E-state index contributed by atoms with van der Waals surface area (Å²) < 4.78 is 30.5. The summed E-state index contributed by atoms with van der Waals surface area (Å²) in [6.45, 7) is 2.51. The molecule has 0 saturated carbocycles. The molecule has 1 aliphatic heterocycles. The van der Waals surface area contributed by atoms with E-state index in [9.17, 15) is 13.2 Å². The molecular weight excluding hydrogens is 394 g/mol. The number of aryl methyl sites for hydroxylation is 1. The van der Waals surface area contributed by atoms with Gasteiger partial charge in [-0.1, -0.05) is 35.5 Å². The Morgan fingerprint density at radius 1 is 1.24 bits per heavy atom. The van der Waals surface area contributed by atoms with Gasteiger partial charge in [0.15, 0.2) is 5.03 Å². The highest BCUT2D eigenvalue weighted by Crippen LogP contribution is 2.24. The molecule has 0 spiro atoms. The van der Waals surface area contributed by atoms with Gasteiger partial charge in [0.25, 0.3) is 10.0 Å². The number of sulfonamides is 1. The van der Waals surface area contributed by atoms with Crippen LogP contribution in [0.2, 0.25) is 0 Å². The molecule has 152 valence electrons. The van der Waals surface area contributed by atoms with Crippen molar-refractivity contribution in [2.24, 2.45) is 7.05 Å². The molecule has 29 heavy (non-hydrogen) atoms. The maximum atomic E-state index is 12.7. The van der Waals surface area contributed by atoms with Gasteiger partial charge in [-0.3, -0.25) is 4.79 Å². The molecule has 0 aliphatic carbocycles. The van der Waals surface area contributed by atoms with Crippen LogP contribution in [0.15, 0.2) is 47.9 Å². The van der Waals surface area contributed by atoms with Gasteiger partial charge in [-0.05, 0) is 12.5 Å². The first-order valence-electron chi connectivity index (χ1n) is 9.08. The number of fused-ring (bicyclic) bond motifs is 1. The average Bonchev–Trinajstić information content (AvgIpc) is 3.32. The Labute approximate surface area is 168 Å². The molecule has 0 fully saturated rings. The van der Waals surface area contributed by atoms with Crippen LogP contribution >= 0.6 is 0 Å². The molecule has 0 saturated heterocycles. The minimum Gasteiger partial charge on any atom is -0.339 e. The highest BCUT2D eigenvalue weighted by Gasteiger charge is 2.33. The molecular formula is C18H21N7O3S. The molecule has 1 amide bonds. The van der Waals surface area contributed by atoms with Gasteiger partial charge in [-0.2, -0.15) is 0 Å². The van der Waals surface area contributed by atoms with E-state index in [1.165, 1.54) is 12.5 Å². The van der Waals surface area contributed by atoms with Crippen LogP contribution in [0.25, 0.3) is 0 Å².